The van der Waals surface area contributed by atoms with Crippen LogP contribution in [0.2, 0.25) is 0 Å². The lowest BCUT2D eigenvalue weighted by molar-refractivity contribution is -0.141. The van der Waals surface area contributed by atoms with Crippen LogP contribution < -0.4 is 11.1 Å². The molecule has 0 aromatic carbocycles. The standard InChI is InChI=1S/C10H14F3N3/c1-2-5-15-9-7(6-14)3-4-8(16-9)10(11,12)13/h3-4H,2,5-6,14H2,1H3,(H,15,16). The molecule has 3 nitrogen and oxygen atoms in total. The van der Waals surface area contributed by atoms with Gasteiger partial charge in [-0.25, -0.2) is 4.98 Å². The zero-order chi connectivity index (χ0) is 12.2. The van der Waals surface area contributed by atoms with Crippen molar-refractivity contribution in [1.29, 1.82) is 0 Å². The van der Waals surface area contributed by atoms with Crippen LogP contribution in [0.3, 0.4) is 0 Å². The maximum absolute atomic E-state index is 12.4. The summed E-state index contributed by atoms with van der Waals surface area (Å²) in [7, 11) is 0. The van der Waals surface area contributed by atoms with E-state index in [0.717, 1.165) is 12.5 Å². The van der Waals surface area contributed by atoms with Crippen LogP contribution in [0.5, 0.6) is 0 Å². The van der Waals surface area contributed by atoms with E-state index in [-0.39, 0.29) is 12.4 Å². The van der Waals surface area contributed by atoms with Crippen molar-refractivity contribution in [3.63, 3.8) is 0 Å². The molecule has 0 saturated carbocycles. The van der Waals surface area contributed by atoms with E-state index in [2.05, 4.69) is 10.3 Å². The fourth-order valence-electron chi connectivity index (χ4n) is 1.21. The van der Waals surface area contributed by atoms with Crippen molar-refractivity contribution >= 4 is 5.82 Å². The number of halogens is 3. The zero-order valence-electron chi connectivity index (χ0n) is 8.93. The summed E-state index contributed by atoms with van der Waals surface area (Å²) in [5.41, 5.74) is 5.11. The van der Waals surface area contributed by atoms with E-state index in [9.17, 15) is 13.2 Å². The van der Waals surface area contributed by atoms with Gasteiger partial charge >= 0.3 is 6.18 Å². The minimum atomic E-state index is -4.42. The number of nitrogens with one attached hydrogen (secondary N) is 1. The van der Waals surface area contributed by atoms with E-state index in [1.165, 1.54) is 6.07 Å². The highest BCUT2D eigenvalue weighted by molar-refractivity contribution is 5.45. The Labute approximate surface area is 91.9 Å². The average Bonchev–Trinajstić information content (AvgIpc) is 2.24. The number of alkyl halides is 3. The van der Waals surface area contributed by atoms with Crippen molar-refractivity contribution in [3.05, 3.63) is 23.4 Å². The maximum atomic E-state index is 12.4. The number of hydrogen-bond donors (Lipinski definition) is 2. The molecule has 0 aliphatic heterocycles. The van der Waals surface area contributed by atoms with E-state index in [4.69, 9.17) is 5.73 Å². The Hall–Kier alpha value is -1.30. The van der Waals surface area contributed by atoms with E-state index >= 15 is 0 Å². The third kappa shape index (κ3) is 3.10. The van der Waals surface area contributed by atoms with Gasteiger partial charge in [-0.1, -0.05) is 13.0 Å². The largest absolute Gasteiger partial charge is 0.433 e. The number of nitrogens with zero attached hydrogens (tertiary/aromatic N) is 1. The van der Waals surface area contributed by atoms with Gasteiger partial charge in [0.25, 0.3) is 0 Å². The minimum absolute atomic E-state index is 0.164. The molecule has 1 rings (SSSR count). The second kappa shape index (κ2) is 5.16. The van der Waals surface area contributed by atoms with Crippen LogP contribution in [-0.4, -0.2) is 11.5 Å². The summed E-state index contributed by atoms with van der Waals surface area (Å²) in [6.07, 6.45) is -3.61. The van der Waals surface area contributed by atoms with E-state index in [1.54, 1.807) is 0 Å². The Morgan fingerprint density at radius 2 is 2.06 bits per heavy atom. The third-order valence-corrected chi connectivity index (χ3v) is 2.03. The molecule has 3 N–H and O–H groups in total. The van der Waals surface area contributed by atoms with Crippen LogP contribution in [0.25, 0.3) is 0 Å². The van der Waals surface area contributed by atoms with Gasteiger partial charge < -0.3 is 11.1 Å². The summed E-state index contributed by atoms with van der Waals surface area (Å²) in [5, 5.41) is 2.84. The van der Waals surface area contributed by atoms with Crippen LogP contribution in [0.4, 0.5) is 19.0 Å². The van der Waals surface area contributed by atoms with Crippen molar-refractivity contribution in [1.82, 2.24) is 4.98 Å². The van der Waals surface area contributed by atoms with Crippen molar-refractivity contribution in [2.24, 2.45) is 5.73 Å². The molecule has 0 unspecified atom stereocenters. The summed E-state index contributed by atoms with van der Waals surface area (Å²) in [6.45, 7) is 2.65. The predicted molar refractivity (Wildman–Crippen MR) is 55.9 cm³/mol. The van der Waals surface area contributed by atoms with Crippen molar-refractivity contribution in [3.8, 4) is 0 Å². The molecule has 0 amide bonds. The SMILES string of the molecule is CCCNc1nc(C(F)(F)F)ccc1CN. The Morgan fingerprint density at radius 1 is 1.38 bits per heavy atom. The first-order valence-electron chi connectivity index (χ1n) is 5.00. The molecular formula is C10H14F3N3. The second-order valence-electron chi connectivity index (χ2n) is 3.33. The van der Waals surface area contributed by atoms with Gasteiger partial charge in [0.2, 0.25) is 0 Å². The third-order valence-electron chi connectivity index (χ3n) is 2.03. The molecular weight excluding hydrogens is 219 g/mol. The van der Waals surface area contributed by atoms with Crippen LogP contribution in [0, 0.1) is 0 Å². The van der Waals surface area contributed by atoms with Gasteiger partial charge in [-0.15, -0.1) is 0 Å². The Morgan fingerprint density at radius 3 is 2.56 bits per heavy atom. The summed E-state index contributed by atoms with van der Waals surface area (Å²) in [4.78, 5) is 3.54. The van der Waals surface area contributed by atoms with Crippen LogP contribution in [0.1, 0.15) is 24.6 Å². The van der Waals surface area contributed by atoms with E-state index in [0.29, 0.717) is 12.1 Å². The Balaban J connectivity index is 3.01. The molecule has 1 heterocycles. The van der Waals surface area contributed by atoms with Gasteiger partial charge in [-0.3, -0.25) is 0 Å². The second-order valence-corrected chi connectivity index (χ2v) is 3.33. The van der Waals surface area contributed by atoms with Crippen LogP contribution >= 0.6 is 0 Å². The normalized spacial score (nSPS) is 11.6. The predicted octanol–water partition coefficient (Wildman–Crippen LogP) is 2.38. The quantitative estimate of drug-likeness (QED) is 0.839. The lowest BCUT2D eigenvalue weighted by Crippen LogP contribution is -2.14. The molecule has 90 valence electrons. The summed E-state index contributed by atoms with van der Waals surface area (Å²) >= 11 is 0. The first-order chi connectivity index (χ1) is 7.49. The number of nitrogens with two attached hydrogens (primary N) is 1. The van der Waals surface area contributed by atoms with Gasteiger partial charge in [0.15, 0.2) is 0 Å². The number of rotatable bonds is 4. The highest BCUT2D eigenvalue weighted by atomic mass is 19.4. The van der Waals surface area contributed by atoms with Gasteiger partial charge in [-0.2, -0.15) is 13.2 Å². The monoisotopic (exact) mass is 233 g/mol. The van der Waals surface area contributed by atoms with Crippen molar-refractivity contribution in [2.45, 2.75) is 26.1 Å². The molecule has 0 aliphatic rings. The molecule has 1 aromatic heterocycles. The topological polar surface area (TPSA) is 50.9 Å². The smallest absolute Gasteiger partial charge is 0.370 e. The summed E-state index contributed by atoms with van der Waals surface area (Å²) in [5.74, 6) is 0.221. The lowest BCUT2D eigenvalue weighted by atomic mass is 10.2. The number of hydrogen-bond acceptors (Lipinski definition) is 3. The molecule has 0 fully saturated rings. The molecule has 0 atom stereocenters. The van der Waals surface area contributed by atoms with Gasteiger partial charge in [0.05, 0.1) is 0 Å². The molecule has 0 radical (unpaired) electrons. The van der Waals surface area contributed by atoms with Crippen molar-refractivity contribution < 1.29 is 13.2 Å². The Kier molecular flexibility index (Phi) is 4.12. The fourth-order valence-corrected chi connectivity index (χ4v) is 1.21. The highest BCUT2D eigenvalue weighted by Crippen LogP contribution is 2.29. The molecule has 6 heteroatoms. The zero-order valence-corrected chi connectivity index (χ0v) is 8.93. The molecule has 1 aromatic rings. The lowest BCUT2D eigenvalue weighted by Gasteiger charge is -2.12. The number of anilines is 1. The van der Waals surface area contributed by atoms with Gasteiger partial charge in [0.1, 0.15) is 11.5 Å². The van der Waals surface area contributed by atoms with Crippen LogP contribution in [0.15, 0.2) is 12.1 Å². The molecule has 0 aliphatic carbocycles. The fraction of sp³-hybridized carbons (Fsp3) is 0.500. The highest BCUT2D eigenvalue weighted by Gasteiger charge is 2.32. The molecule has 16 heavy (non-hydrogen) atoms. The summed E-state index contributed by atoms with van der Waals surface area (Å²) in [6, 6.07) is 2.30. The van der Waals surface area contributed by atoms with Crippen LogP contribution in [-0.2, 0) is 12.7 Å². The molecule has 0 bridgehead atoms. The first kappa shape index (κ1) is 12.8. The summed E-state index contributed by atoms with van der Waals surface area (Å²) < 4.78 is 37.2. The molecule has 0 saturated heterocycles. The molecule has 0 spiro atoms. The Bertz CT molecular complexity index is 350. The maximum Gasteiger partial charge on any atom is 0.433 e. The van der Waals surface area contributed by atoms with Gasteiger partial charge in [0, 0.05) is 18.7 Å². The van der Waals surface area contributed by atoms with E-state index in [1.807, 2.05) is 6.92 Å². The average molecular weight is 233 g/mol. The number of pyridine rings is 1. The van der Waals surface area contributed by atoms with Crippen molar-refractivity contribution in [2.75, 3.05) is 11.9 Å². The minimum Gasteiger partial charge on any atom is -0.370 e. The first-order valence-corrected chi connectivity index (χ1v) is 5.00. The number of aromatic nitrogens is 1. The van der Waals surface area contributed by atoms with Gasteiger partial charge in [-0.05, 0) is 12.5 Å². The van der Waals surface area contributed by atoms with E-state index < -0.39 is 11.9 Å².